The average molecular weight is 369 g/mol. The third kappa shape index (κ3) is 2.93. The quantitative estimate of drug-likeness (QED) is 0.761. The predicted molar refractivity (Wildman–Crippen MR) is 86.5 cm³/mol. The Hall–Kier alpha value is -0.940. The lowest BCUT2D eigenvalue weighted by molar-refractivity contribution is -0.153. The number of halogens is 2. The summed E-state index contributed by atoms with van der Waals surface area (Å²) in [5.74, 6) is -0.284. The number of alkyl halides is 1. The van der Waals surface area contributed by atoms with Gasteiger partial charge in [0.1, 0.15) is 13.3 Å². The fourth-order valence-electron chi connectivity index (χ4n) is 4.08. The van der Waals surface area contributed by atoms with Gasteiger partial charge in [-0.25, -0.2) is 4.39 Å². The molecule has 0 radical (unpaired) electrons. The molecule has 4 atom stereocenters. The van der Waals surface area contributed by atoms with E-state index in [-0.39, 0.29) is 30.5 Å². The zero-order valence-corrected chi connectivity index (χ0v) is 14.3. The molecule has 0 N–H and O–H groups in total. The summed E-state index contributed by atoms with van der Waals surface area (Å²) in [6, 6.07) is 8.92. The van der Waals surface area contributed by atoms with E-state index in [0.717, 1.165) is 23.7 Å². The van der Waals surface area contributed by atoms with Crippen LogP contribution >= 0.6 is 15.9 Å². The first-order valence-corrected chi connectivity index (χ1v) is 8.61. The fraction of sp³-hybridized carbons (Fsp3) is 0.588. The Morgan fingerprint density at radius 3 is 2.77 bits per heavy atom. The second kappa shape index (κ2) is 6.67. The van der Waals surface area contributed by atoms with Crippen LogP contribution in [0.1, 0.15) is 30.7 Å². The van der Waals surface area contributed by atoms with Gasteiger partial charge in [-0.2, -0.15) is 0 Å². The molecule has 2 bridgehead atoms. The van der Waals surface area contributed by atoms with Gasteiger partial charge in [-0.15, -0.1) is 0 Å². The van der Waals surface area contributed by atoms with Crippen LogP contribution in [-0.2, 0) is 9.53 Å². The van der Waals surface area contributed by atoms with E-state index in [1.165, 1.54) is 5.56 Å². The number of benzene rings is 1. The molecule has 0 saturated carbocycles. The third-order valence-corrected chi connectivity index (χ3v) is 5.69. The van der Waals surface area contributed by atoms with Gasteiger partial charge in [0.15, 0.2) is 0 Å². The molecule has 2 aliphatic rings. The highest BCUT2D eigenvalue weighted by Crippen LogP contribution is 2.46. The molecule has 0 amide bonds. The third-order valence-electron chi connectivity index (χ3n) is 5.16. The summed E-state index contributed by atoms with van der Waals surface area (Å²) < 4.78 is 18.5. The molecule has 4 unspecified atom stereocenters. The Balaban J connectivity index is 1.88. The molecule has 1 aromatic rings. The summed E-state index contributed by atoms with van der Waals surface area (Å²) in [5.41, 5.74) is 1.18. The molecule has 22 heavy (non-hydrogen) atoms. The van der Waals surface area contributed by atoms with Gasteiger partial charge in [-0.3, -0.25) is 9.69 Å². The van der Waals surface area contributed by atoms with Crippen molar-refractivity contribution < 1.29 is 13.9 Å². The zero-order valence-electron chi connectivity index (χ0n) is 12.7. The molecule has 3 rings (SSSR count). The Morgan fingerprint density at radius 2 is 2.09 bits per heavy atom. The van der Waals surface area contributed by atoms with E-state index in [1.807, 2.05) is 12.1 Å². The second-order valence-corrected chi connectivity index (χ2v) is 7.16. The maximum atomic E-state index is 12.5. The molecular formula is C17H21BrFNO2. The number of rotatable bonds is 4. The van der Waals surface area contributed by atoms with E-state index in [2.05, 4.69) is 40.0 Å². The van der Waals surface area contributed by atoms with Crippen LogP contribution in [0.4, 0.5) is 4.39 Å². The van der Waals surface area contributed by atoms with E-state index in [4.69, 9.17) is 4.74 Å². The van der Waals surface area contributed by atoms with Crippen molar-refractivity contribution in [2.45, 2.75) is 37.3 Å². The van der Waals surface area contributed by atoms with Crippen LogP contribution in [0.3, 0.4) is 0 Å². The number of hydrogen-bond acceptors (Lipinski definition) is 3. The molecule has 0 spiro atoms. The Kier molecular flexibility index (Phi) is 4.83. The van der Waals surface area contributed by atoms with Crippen LogP contribution < -0.4 is 0 Å². The lowest BCUT2D eigenvalue weighted by atomic mass is 9.76. The Bertz CT molecular complexity index is 536. The van der Waals surface area contributed by atoms with Gasteiger partial charge < -0.3 is 4.74 Å². The molecule has 120 valence electrons. The minimum absolute atomic E-state index is 0.137. The molecule has 1 aromatic carbocycles. The van der Waals surface area contributed by atoms with Crippen molar-refractivity contribution in [3.05, 3.63) is 34.3 Å². The van der Waals surface area contributed by atoms with E-state index in [1.54, 1.807) is 0 Å². The Morgan fingerprint density at radius 1 is 1.36 bits per heavy atom. The summed E-state index contributed by atoms with van der Waals surface area (Å²) in [7, 11) is 2.09. The highest BCUT2D eigenvalue weighted by atomic mass is 79.9. The van der Waals surface area contributed by atoms with Crippen molar-refractivity contribution in [1.82, 2.24) is 4.90 Å². The van der Waals surface area contributed by atoms with Gasteiger partial charge in [-0.05, 0) is 44.0 Å². The molecule has 5 heteroatoms. The number of esters is 1. The minimum atomic E-state index is -0.620. The van der Waals surface area contributed by atoms with Crippen LogP contribution in [0.25, 0.3) is 0 Å². The van der Waals surface area contributed by atoms with E-state index in [9.17, 15) is 9.18 Å². The first-order valence-electron chi connectivity index (χ1n) is 7.82. The highest BCUT2D eigenvalue weighted by Gasteiger charge is 2.49. The van der Waals surface area contributed by atoms with Gasteiger partial charge >= 0.3 is 5.97 Å². The van der Waals surface area contributed by atoms with Crippen molar-refractivity contribution >= 4 is 21.9 Å². The number of piperidine rings is 1. The van der Waals surface area contributed by atoms with Crippen LogP contribution in [0.15, 0.2) is 28.7 Å². The lowest BCUT2D eigenvalue weighted by Crippen LogP contribution is -2.49. The van der Waals surface area contributed by atoms with Gasteiger partial charge in [0.25, 0.3) is 0 Å². The number of carbonyl (C=O) groups is 1. The molecule has 0 aliphatic carbocycles. The van der Waals surface area contributed by atoms with Gasteiger partial charge in [0.2, 0.25) is 0 Å². The van der Waals surface area contributed by atoms with Gasteiger partial charge in [0, 0.05) is 22.5 Å². The number of hydrogen-bond donors (Lipinski definition) is 0. The summed E-state index contributed by atoms with van der Waals surface area (Å²) >= 11 is 3.45. The SMILES string of the molecule is CN1C2CCC1C(C(=O)OCC[18F])C(c1ccc(Br)cc1)C2. The number of fused-ring (bicyclic) bond motifs is 2. The summed E-state index contributed by atoms with van der Waals surface area (Å²) in [6.45, 7) is -0.757. The van der Waals surface area contributed by atoms with Crippen molar-refractivity contribution in [2.24, 2.45) is 5.92 Å². The van der Waals surface area contributed by atoms with Crippen molar-refractivity contribution in [3.63, 3.8) is 0 Å². The molecular weight excluding hydrogens is 348 g/mol. The molecule has 2 aliphatic heterocycles. The fourth-order valence-corrected chi connectivity index (χ4v) is 4.34. The van der Waals surface area contributed by atoms with Crippen LogP contribution in [0.2, 0.25) is 0 Å². The summed E-state index contributed by atoms with van der Waals surface area (Å²) in [6.07, 6.45) is 3.11. The minimum Gasteiger partial charge on any atom is -0.463 e. The first kappa shape index (κ1) is 15.9. The smallest absolute Gasteiger partial charge is 0.311 e. The molecule has 2 saturated heterocycles. The van der Waals surface area contributed by atoms with Crippen LogP contribution in [-0.4, -0.2) is 43.3 Å². The van der Waals surface area contributed by atoms with Crippen molar-refractivity contribution in [1.29, 1.82) is 0 Å². The normalized spacial score (nSPS) is 31.2. The van der Waals surface area contributed by atoms with E-state index in [0.29, 0.717) is 6.04 Å². The number of ether oxygens (including phenoxy) is 1. The zero-order chi connectivity index (χ0) is 15.7. The molecule has 2 heterocycles. The summed E-state index contributed by atoms with van der Waals surface area (Å²) in [5, 5.41) is 0. The average Bonchev–Trinajstić information content (AvgIpc) is 2.75. The maximum Gasteiger partial charge on any atom is 0.311 e. The predicted octanol–water partition coefficient (Wildman–Crippen LogP) is 3.53. The molecule has 3 nitrogen and oxygen atoms in total. The lowest BCUT2D eigenvalue weighted by Gasteiger charge is -2.41. The van der Waals surface area contributed by atoms with Crippen molar-refractivity contribution in [2.75, 3.05) is 20.3 Å². The standard InChI is InChI=1S/C17H21BrFNO2/c1-20-13-6-7-15(20)16(17(21)22-9-8-19)14(10-13)11-2-4-12(18)5-3-11/h2-5,13-16H,6-10H2,1H3/i19-1. The largest absolute Gasteiger partial charge is 0.463 e. The van der Waals surface area contributed by atoms with E-state index < -0.39 is 6.67 Å². The topological polar surface area (TPSA) is 29.5 Å². The molecule has 0 aromatic heterocycles. The highest BCUT2D eigenvalue weighted by molar-refractivity contribution is 9.10. The second-order valence-electron chi connectivity index (χ2n) is 6.24. The summed E-state index contributed by atoms with van der Waals surface area (Å²) in [4.78, 5) is 14.8. The van der Waals surface area contributed by atoms with Gasteiger partial charge in [0.05, 0.1) is 5.92 Å². The van der Waals surface area contributed by atoms with Crippen molar-refractivity contribution in [3.8, 4) is 0 Å². The first-order chi connectivity index (χ1) is 10.6. The monoisotopic (exact) mass is 368 g/mol. The van der Waals surface area contributed by atoms with Crippen LogP contribution in [0.5, 0.6) is 0 Å². The Labute approximate surface area is 139 Å². The van der Waals surface area contributed by atoms with Crippen LogP contribution in [0, 0.1) is 5.92 Å². The maximum absolute atomic E-state index is 12.5. The van der Waals surface area contributed by atoms with E-state index >= 15 is 0 Å². The number of nitrogens with zero attached hydrogens (tertiary/aromatic N) is 1. The number of carbonyl (C=O) groups excluding carboxylic acids is 1. The molecule has 2 fully saturated rings. The van der Waals surface area contributed by atoms with Gasteiger partial charge in [-0.1, -0.05) is 28.1 Å².